The molecule has 0 aromatic carbocycles. The van der Waals surface area contributed by atoms with Crippen LogP contribution in [0.15, 0.2) is 16.7 Å². The summed E-state index contributed by atoms with van der Waals surface area (Å²) in [5.41, 5.74) is 5.13. The lowest BCUT2D eigenvalue weighted by molar-refractivity contribution is -0.150. The molecule has 2 aliphatic heterocycles. The Bertz CT molecular complexity index is 1380. The predicted molar refractivity (Wildman–Crippen MR) is 145 cm³/mol. The second kappa shape index (κ2) is 12.7. The molecule has 2 aliphatic rings. The number of β-lactam (4-membered cyclic amide) rings is 1. The summed E-state index contributed by atoms with van der Waals surface area (Å²) in [6.45, 7) is 0.589. The highest BCUT2D eigenvalue weighted by atomic mass is 35.5. The molecular weight excluding hydrogens is 621 g/mol. The standard InChI is InChI=1S/C18H23N9O7S3.2ClH/c1-25(2)3-4-26-14(22-23-24-26)13(37(32,33)34)9-7-35-16-11(15(29)27(16)12(9)17(30)31)21-10(28)5-8-6-36-18(19)20-8;;/h6,11,13,16H,3-5,7H2,1-2H3,(H2,19,20)(H,21,28)(H,30,31)(H,32,33,34);2*1H/t11-,13?,16-;;/m1../s1. The molecule has 1 unspecified atom stereocenters. The fourth-order valence-corrected chi connectivity index (χ4v) is 7.01. The summed E-state index contributed by atoms with van der Waals surface area (Å²) in [7, 11) is -1.39. The van der Waals surface area contributed by atoms with Gasteiger partial charge in [0.05, 0.1) is 18.7 Å². The number of amides is 2. The molecular formula is C18H25Cl2N9O7S3. The predicted octanol–water partition coefficient (Wildman–Crippen LogP) is -0.973. The number of aliphatic carboxylic acids is 1. The Balaban J connectivity index is 0.00000267. The van der Waals surface area contributed by atoms with Gasteiger partial charge in [-0.15, -0.1) is 53.0 Å². The number of halogens is 2. The van der Waals surface area contributed by atoms with Gasteiger partial charge in [-0.1, -0.05) is 0 Å². The number of thioether (sulfide) groups is 1. The van der Waals surface area contributed by atoms with Crippen molar-refractivity contribution in [2.24, 2.45) is 0 Å². The minimum Gasteiger partial charge on any atom is -0.477 e. The van der Waals surface area contributed by atoms with E-state index in [2.05, 4.69) is 25.8 Å². The van der Waals surface area contributed by atoms with Crippen molar-refractivity contribution in [2.75, 3.05) is 32.1 Å². The first kappa shape index (κ1) is 32.7. The molecule has 0 spiro atoms. The van der Waals surface area contributed by atoms with Crippen molar-refractivity contribution in [1.29, 1.82) is 0 Å². The molecule has 0 aliphatic carbocycles. The van der Waals surface area contributed by atoms with Gasteiger partial charge in [-0.3, -0.25) is 19.0 Å². The number of carbonyl (C=O) groups excluding carboxylic acids is 2. The Morgan fingerprint density at radius 1 is 1.33 bits per heavy atom. The highest BCUT2D eigenvalue weighted by molar-refractivity contribution is 8.00. The van der Waals surface area contributed by atoms with Crippen molar-refractivity contribution >= 4 is 80.9 Å². The minimum atomic E-state index is -4.95. The fraction of sp³-hybridized carbons (Fsp3) is 0.500. The molecule has 0 radical (unpaired) electrons. The maximum absolute atomic E-state index is 13.0. The summed E-state index contributed by atoms with van der Waals surface area (Å²) in [5, 5.41) is 22.7. The third-order valence-corrected chi connectivity index (χ3v) is 8.71. The number of carboxylic acid groups (broad SMARTS) is 1. The molecule has 3 atom stereocenters. The minimum absolute atomic E-state index is 0. The van der Waals surface area contributed by atoms with E-state index in [0.29, 0.717) is 17.4 Å². The molecule has 5 N–H and O–H groups in total. The number of aromatic nitrogens is 5. The zero-order valence-corrected chi connectivity index (χ0v) is 24.4. The lowest BCUT2D eigenvalue weighted by atomic mass is 10.0. The van der Waals surface area contributed by atoms with Gasteiger partial charge in [0.15, 0.2) is 16.2 Å². The number of nitrogens with one attached hydrogen (secondary N) is 1. The topological polar surface area (TPSA) is 227 Å². The zero-order valence-electron chi connectivity index (χ0n) is 20.3. The summed E-state index contributed by atoms with van der Waals surface area (Å²) >= 11 is 2.21. The SMILES string of the molecule is CN(C)CCn1nnnc1C(C1=C(C(=O)O)N2C(=O)[C@@H](NC(=O)Cc3csc(N)n3)[C@H]2SC1)S(=O)(=O)O.Cl.Cl. The molecule has 1 fully saturated rings. The third kappa shape index (κ3) is 6.79. The van der Waals surface area contributed by atoms with Crippen LogP contribution in [0, 0.1) is 0 Å². The van der Waals surface area contributed by atoms with Crippen LogP contribution in [-0.4, -0.2) is 109 Å². The fourth-order valence-electron chi connectivity index (χ4n) is 3.96. The van der Waals surface area contributed by atoms with Gasteiger partial charge in [-0.25, -0.2) is 14.5 Å². The first-order chi connectivity index (χ1) is 17.4. The monoisotopic (exact) mass is 645 g/mol. The van der Waals surface area contributed by atoms with E-state index in [1.165, 1.54) is 0 Å². The van der Waals surface area contributed by atoms with Crippen molar-refractivity contribution in [3.8, 4) is 0 Å². The molecule has 21 heteroatoms. The molecule has 39 heavy (non-hydrogen) atoms. The van der Waals surface area contributed by atoms with Crippen LogP contribution in [0.5, 0.6) is 0 Å². The molecule has 2 aromatic heterocycles. The van der Waals surface area contributed by atoms with Crippen LogP contribution in [0.3, 0.4) is 0 Å². The lowest BCUT2D eigenvalue weighted by Crippen LogP contribution is -2.70. The largest absolute Gasteiger partial charge is 0.477 e. The second-order valence-electron chi connectivity index (χ2n) is 8.45. The van der Waals surface area contributed by atoms with Gasteiger partial charge in [0.2, 0.25) is 5.91 Å². The van der Waals surface area contributed by atoms with Gasteiger partial charge in [0, 0.05) is 17.7 Å². The number of carboxylic acids is 1. The van der Waals surface area contributed by atoms with Gasteiger partial charge in [0.1, 0.15) is 17.1 Å². The van der Waals surface area contributed by atoms with E-state index in [1.54, 1.807) is 24.4 Å². The van der Waals surface area contributed by atoms with Gasteiger partial charge in [-0.2, -0.15) is 8.42 Å². The number of fused-ring (bicyclic) bond motifs is 1. The van der Waals surface area contributed by atoms with E-state index < -0.39 is 50.3 Å². The Morgan fingerprint density at radius 3 is 2.59 bits per heavy atom. The average molecular weight is 647 g/mol. The van der Waals surface area contributed by atoms with Gasteiger partial charge in [-0.05, 0) is 30.1 Å². The molecule has 2 amide bonds. The van der Waals surface area contributed by atoms with E-state index in [0.717, 1.165) is 32.7 Å². The summed E-state index contributed by atoms with van der Waals surface area (Å²) < 4.78 is 36.2. The number of likely N-dealkylation sites (N-methyl/N-ethyl adjacent to an activating group) is 1. The van der Waals surface area contributed by atoms with E-state index in [9.17, 15) is 32.5 Å². The quantitative estimate of drug-likeness (QED) is 0.180. The number of rotatable bonds is 10. The maximum Gasteiger partial charge on any atom is 0.352 e. The Morgan fingerprint density at radius 2 is 2.03 bits per heavy atom. The van der Waals surface area contributed by atoms with E-state index >= 15 is 0 Å². The normalized spacial score (nSPS) is 19.5. The first-order valence-electron chi connectivity index (χ1n) is 10.7. The molecule has 16 nitrogen and oxygen atoms in total. The zero-order chi connectivity index (χ0) is 27.1. The van der Waals surface area contributed by atoms with Gasteiger partial charge < -0.3 is 21.1 Å². The van der Waals surface area contributed by atoms with Crippen LogP contribution in [0.2, 0.25) is 0 Å². The summed E-state index contributed by atoms with van der Waals surface area (Å²) in [6, 6.07) is -1.03. The molecule has 2 aromatic rings. The molecule has 4 rings (SSSR count). The first-order valence-corrected chi connectivity index (χ1v) is 14.1. The van der Waals surface area contributed by atoms with Crippen LogP contribution in [-0.2, 0) is 37.5 Å². The van der Waals surface area contributed by atoms with E-state index in [-0.39, 0.29) is 54.9 Å². The molecule has 216 valence electrons. The number of nitrogen functional groups attached to an aromatic ring is 1. The van der Waals surface area contributed by atoms with Crippen molar-refractivity contribution < 1.29 is 32.5 Å². The Hall–Kier alpha value is -2.55. The highest BCUT2D eigenvalue weighted by Crippen LogP contribution is 2.45. The lowest BCUT2D eigenvalue weighted by Gasteiger charge is -2.49. The summed E-state index contributed by atoms with van der Waals surface area (Å²) in [6.07, 6.45) is -0.123. The number of thiazole rings is 1. The Kier molecular flexibility index (Phi) is 10.7. The molecule has 0 saturated carbocycles. The van der Waals surface area contributed by atoms with E-state index in [4.69, 9.17) is 5.73 Å². The highest BCUT2D eigenvalue weighted by Gasteiger charge is 2.56. The number of tetrazole rings is 1. The number of nitrogens with two attached hydrogens (primary N) is 1. The maximum atomic E-state index is 13.0. The van der Waals surface area contributed by atoms with Crippen LogP contribution in [0.4, 0.5) is 5.13 Å². The molecule has 1 saturated heterocycles. The van der Waals surface area contributed by atoms with Crippen LogP contribution in [0.25, 0.3) is 0 Å². The van der Waals surface area contributed by atoms with E-state index in [1.807, 2.05) is 0 Å². The Labute approximate surface area is 242 Å². The van der Waals surface area contributed by atoms with Crippen LogP contribution in [0.1, 0.15) is 16.8 Å². The average Bonchev–Trinajstić information content (AvgIpc) is 3.43. The van der Waals surface area contributed by atoms with Crippen molar-refractivity contribution in [2.45, 2.75) is 29.6 Å². The second-order valence-corrected chi connectivity index (χ2v) is 11.9. The van der Waals surface area contributed by atoms with Crippen molar-refractivity contribution in [1.82, 2.24) is 40.3 Å². The number of hydrogen-bond donors (Lipinski definition) is 4. The van der Waals surface area contributed by atoms with Crippen molar-refractivity contribution in [3.63, 3.8) is 0 Å². The van der Waals surface area contributed by atoms with Crippen LogP contribution >= 0.6 is 47.9 Å². The number of carbonyl (C=O) groups is 3. The van der Waals surface area contributed by atoms with Gasteiger partial charge in [0.25, 0.3) is 16.0 Å². The molecule has 4 heterocycles. The summed E-state index contributed by atoms with van der Waals surface area (Å²) in [4.78, 5) is 44.3. The third-order valence-electron chi connectivity index (χ3n) is 5.60. The van der Waals surface area contributed by atoms with Crippen molar-refractivity contribution in [3.05, 3.63) is 28.2 Å². The summed E-state index contributed by atoms with van der Waals surface area (Å²) in [5.74, 6) is -3.28. The molecule has 0 bridgehead atoms. The number of nitrogens with zero attached hydrogens (tertiary/aromatic N) is 7. The van der Waals surface area contributed by atoms with Crippen LogP contribution < -0.4 is 11.1 Å². The smallest absolute Gasteiger partial charge is 0.352 e. The number of hydrogen-bond acceptors (Lipinski definition) is 13. The number of anilines is 1. The van der Waals surface area contributed by atoms with Gasteiger partial charge >= 0.3 is 5.97 Å².